The van der Waals surface area contributed by atoms with Gasteiger partial charge in [0.25, 0.3) is 0 Å². The molecule has 0 aromatic carbocycles. The molecule has 7 nitrogen and oxygen atoms in total. The molecular weight excluding hydrogens is 360 g/mol. The lowest BCUT2D eigenvalue weighted by Gasteiger charge is -2.28. The van der Waals surface area contributed by atoms with E-state index in [0.29, 0.717) is 34.6 Å². The zero-order chi connectivity index (χ0) is 19.1. The van der Waals surface area contributed by atoms with Gasteiger partial charge in [-0.15, -0.1) is 11.3 Å². The summed E-state index contributed by atoms with van der Waals surface area (Å²) < 4.78 is 0. The SMILES string of the molecule is Cc1nc(Nc2sc3c(c2C#N)CCC3)c2c(n1)NC(CC(C)C)C(=O)N2. The number of anilines is 4. The Bertz CT molecular complexity index is 958. The van der Waals surface area contributed by atoms with Crippen LogP contribution in [0.15, 0.2) is 0 Å². The number of rotatable bonds is 4. The minimum atomic E-state index is -0.306. The monoisotopic (exact) mass is 382 g/mol. The lowest BCUT2D eigenvalue weighted by atomic mass is 10.0. The van der Waals surface area contributed by atoms with Crippen LogP contribution in [-0.2, 0) is 17.6 Å². The zero-order valence-corrected chi connectivity index (χ0v) is 16.5. The van der Waals surface area contributed by atoms with Crippen LogP contribution in [-0.4, -0.2) is 21.9 Å². The molecule has 2 aliphatic rings. The average molecular weight is 382 g/mol. The quantitative estimate of drug-likeness (QED) is 0.744. The molecule has 1 atom stereocenters. The van der Waals surface area contributed by atoms with Crippen molar-refractivity contribution in [1.29, 1.82) is 5.26 Å². The van der Waals surface area contributed by atoms with E-state index in [1.165, 1.54) is 4.88 Å². The topological polar surface area (TPSA) is 103 Å². The summed E-state index contributed by atoms with van der Waals surface area (Å²) in [4.78, 5) is 22.7. The number of carbonyl (C=O) groups excluding carboxylic acids is 1. The Morgan fingerprint density at radius 2 is 2.19 bits per heavy atom. The van der Waals surface area contributed by atoms with E-state index in [0.717, 1.165) is 36.2 Å². The van der Waals surface area contributed by atoms with Gasteiger partial charge in [0.1, 0.15) is 28.6 Å². The standard InChI is InChI=1S/C19H22N6OS/c1-9(2)7-13-18(26)24-15-16(23-13)21-10(3)22-17(15)25-19-12(8-20)11-5-4-6-14(11)27-19/h9,13H,4-7H2,1-3H3,(H,24,26)(H2,21,22,23,25). The van der Waals surface area contributed by atoms with Crippen molar-refractivity contribution >= 4 is 39.6 Å². The molecule has 4 rings (SSSR count). The number of fused-ring (bicyclic) bond motifs is 2. The van der Waals surface area contributed by atoms with Crippen LogP contribution in [0, 0.1) is 24.2 Å². The summed E-state index contributed by atoms with van der Waals surface area (Å²) in [7, 11) is 0. The lowest BCUT2D eigenvalue weighted by molar-refractivity contribution is -0.117. The van der Waals surface area contributed by atoms with Crippen LogP contribution in [0.2, 0.25) is 0 Å². The smallest absolute Gasteiger partial charge is 0.247 e. The van der Waals surface area contributed by atoms with Gasteiger partial charge in [-0.3, -0.25) is 4.79 Å². The van der Waals surface area contributed by atoms with E-state index in [1.807, 2.05) is 6.92 Å². The number of aryl methyl sites for hydroxylation is 2. The van der Waals surface area contributed by atoms with E-state index in [-0.39, 0.29) is 11.9 Å². The van der Waals surface area contributed by atoms with Gasteiger partial charge in [0.2, 0.25) is 5.91 Å². The number of thiophene rings is 1. The van der Waals surface area contributed by atoms with E-state index in [2.05, 4.69) is 45.8 Å². The van der Waals surface area contributed by atoms with Crippen LogP contribution >= 0.6 is 11.3 Å². The fraction of sp³-hybridized carbons (Fsp3) is 0.474. The molecule has 0 fully saturated rings. The molecule has 1 aliphatic heterocycles. The van der Waals surface area contributed by atoms with Crippen LogP contribution in [0.25, 0.3) is 0 Å². The number of aromatic nitrogens is 2. The zero-order valence-electron chi connectivity index (χ0n) is 15.6. The summed E-state index contributed by atoms with van der Waals surface area (Å²) in [6, 6.07) is 2.02. The van der Waals surface area contributed by atoms with E-state index in [1.54, 1.807) is 11.3 Å². The molecule has 0 saturated heterocycles. The van der Waals surface area contributed by atoms with Crippen LogP contribution in [0.1, 0.15) is 48.5 Å². The number of carbonyl (C=O) groups is 1. The van der Waals surface area contributed by atoms with Gasteiger partial charge in [-0.1, -0.05) is 13.8 Å². The van der Waals surface area contributed by atoms with Gasteiger partial charge in [0, 0.05) is 4.88 Å². The first-order valence-electron chi connectivity index (χ1n) is 9.24. The third kappa shape index (κ3) is 3.23. The summed E-state index contributed by atoms with van der Waals surface area (Å²) >= 11 is 1.61. The number of hydrogen-bond acceptors (Lipinski definition) is 7. The maximum Gasteiger partial charge on any atom is 0.247 e. The van der Waals surface area contributed by atoms with Gasteiger partial charge in [-0.25, -0.2) is 9.97 Å². The van der Waals surface area contributed by atoms with Crippen LogP contribution < -0.4 is 16.0 Å². The molecule has 8 heteroatoms. The molecule has 0 radical (unpaired) electrons. The number of amides is 1. The highest BCUT2D eigenvalue weighted by molar-refractivity contribution is 7.16. The highest BCUT2D eigenvalue weighted by atomic mass is 32.1. The van der Waals surface area contributed by atoms with Crippen molar-refractivity contribution in [3.05, 3.63) is 21.8 Å². The van der Waals surface area contributed by atoms with Gasteiger partial charge in [0.15, 0.2) is 11.6 Å². The number of nitriles is 1. The molecule has 140 valence electrons. The molecule has 1 aliphatic carbocycles. The molecule has 2 aromatic heterocycles. The Hall–Kier alpha value is -2.66. The highest BCUT2D eigenvalue weighted by Gasteiger charge is 2.30. The number of hydrogen-bond donors (Lipinski definition) is 3. The largest absolute Gasteiger partial charge is 0.356 e. The summed E-state index contributed by atoms with van der Waals surface area (Å²) in [5.41, 5.74) is 2.40. The molecule has 3 heterocycles. The molecule has 3 N–H and O–H groups in total. The van der Waals surface area contributed by atoms with E-state index in [9.17, 15) is 10.1 Å². The molecule has 27 heavy (non-hydrogen) atoms. The van der Waals surface area contributed by atoms with Gasteiger partial charge in [0.05, 0.1) is 5.56 Å². The van der Waals surface area contributed by atoms with Crippen molar-refractivity contribution in [1.82, 2.24) is 9.97 Å². The van der Waals surface area contributed by atoms with Crippen molar-refractivity contribution in [2.45, 2.75) is 52.5 Å². The van der Waals surface area contributed by atoms with Gasteiger partial charge >= 0.3 is 0 Å². The maximum atomic E-state index is 12.5. The highest BCUT2D eigenvalue weighted by Crippen LogP contribution is 2.42. The van der Waals surface area contributed by atoms with Crippen LogP contribution in [0.5, 0.6) is 0 Å². The van der Waals surface area contributed by atoms with E-state index in [4.69, 9.17) is 0 Å². The second-order valence-corrected chi connectivity index (χ2v) is 8.56. The van der Waals surface area contributed by atoms with E-state index >= 15 is 0 Å². The first-order valence-corrected chi connectivity index (χ1v) is 10.1. The molecule has 1 amide bonds. The second-order valence-electron chi connectivity index (χ2n) is 7.46. The van der Waals surface area contributed by atoms with E-state index < -0.39 is 0 Å². The first-order chi connectivity index (χ1) is 13.0. The summed E-state index contributed by atoms with van der Waals surface area (Å²) in [5.74, 6) is 2.06. The predicted molar refractivity (Wildman–Crippen MR) is 107 cm³/mol. The van der Waals surface area contributed by atoms with Gasteiger partial charge < -0.3 is 16.0 Å². The number of nitrogens with one attached hydrogen (secondary N) is 3. The van der Waals surface area contributed by atoms with Crippen molar-refractivity contribution in [2.24, 2.45) is 5.92 Å². The third-order valence-corrected chi connectivity index (χ3v) is 6.08. The van der Waals surface area contributed by atoms with Crippen LogP contribution in [0.4, 0.5) is 22.3 Å². The molecule has 0 bridgehead atoms. The number of nitrogens with zero attached hydrogens (tertiary/aromatic N) is 3. The third-order valence-electron chi connectivity index (χ3n) is 4.87. The minimum Gasteiger partial charge on any atom is -0.356 e. The molecule has 0 spiro atoms. The Labute approximate surface area is 162 Å². The Morgan fingerprint density at radius 3 is 2.93 bits per heavy atom. The van der Waals surface area contributed by atoms with Gasteiger partial charge in [-0.2, -0.15) is 5.26 Å². The lowest BCUT2D eigenvalue weighted by Crippen LogP contribution is -2.40. The average Bonchev–Trinajstić information content (AvgIpc) is 3.16. The summed E-state index contributed by atoms with van der Waals surface area (Å²) in [6.45, 7) is 5.99. The Balaban J connectivity index is 1.69. The molecule has 0 saturated carbocycles. The maximum absolute atomic E-state index is 12.5. The first kappa shape index (κ1) is 17.7. The van der Waals surface area contributed by atoms with Crippen molar-refractivity contribution in [3.63, 3.8) is 0 Å². The molecule has 1 unspecified atom stereocenters. The van der Waals surface area contributed by atoms with Crippen molar-refractivity contribution in [2.75, 3.05) is 16.0 Å². The summed E-state index contributed by atoms with van der Waals surface area (Å²) in [5, 5.41) is 19.9. The fourth-order valence-corrected chi connectivity index (χ4v) is 4.92. The fourth-order valence-electron chi connectivity index (χ4n) is 3.68. The van der Waals surface area contributed by atoms with Crippen LogP contribution in [0.3, 0.4) is 0 Å². The second kappa shape index (κ2) is 6.82. The Kier molecular flexibility index (Phi) is 4.48. The minimum absolute atomic E-state index is 0.0825. The molecule has 2 aromatic rings. The normalized spacial score (nSPS) is 17.7. The van der Waals surface area contributed by atoms with Crippen molar-refractivity contribution in [3.8, 4) is 6.07 Å². The molecular formula is C19H22N6OS. The van der Waals surface area contributed by atoms with Gasteiger partial charge in [-0.05, 0) is 44.1 Å². The Morgan fingerprint density at radius 1 is 1.37 bits per heavy atom. The van der Waals surface area contributed by atoms with Crippen molar-refractivity contribution < 1.29 is 4.79 Å². The predicted octanol–water partition coefficient (Wildman–Crippen LogP) is 3.73. The summed E-state index contributed by atoms with van der Waals surface area (Å²) in [6.07, 6.45) is 3.81.